The molecule has 0 fully saturated rings. The van der Waals surface area contributed by atoms with Gasteiger partial charge in [-0.15, -0.1) is 0 Å². The van der Waals surface area contributed by atoms with Gasteiger partial charge < -0.3 is 0 Å². The van der Waals surface area contributed by atoms with Crippen LogP contribution in [0.1, 0.15) is 33.1 Å². The molecule has 0 bridgehead atoms. The maximum atomic E-state index is 9.24. The topological polar surface area (TPSA) is 77.4 Å². The normalized spacial score (nSPS) is 14.2. The van der Waals surface area contributed by atoms with Crippen LogP contribution in [0, 0.1) is 11.3 Å². The van der Waals surface area contributed by atoms with Gasteiger partial charge in [0.05, 0.1) is 6.07 Å². The molecule has 0 aliphatic carbocycles. The quantitative estimate of drug-likeness (QED) is 0.547. The van der Waals surface area contributed by atoms with Gasteiger partial charge >= 0.3 is 0 Å². The predicted octanol–water partition coefficient (Wildman–Crippen LogP) is 1.96. The molecule has 0 spiro atoms. The Bertz CT molecular complexity index is 345. The van der Waals surface area contributed by atoms with E-state index in [0.717, 1.165) is 36.7 Å². The number of nitrogens with zero attached hydrogens (tertiary/aromatic N) is 3. The molecule has 1 atom stereocenters. The Morgan fingerprint density at radius 2 is 2.41 bits per heavy atom. The van der Waals surface area contributed by atoms with E-state index in [0.29, 0.717) is 0 Å². The van der Waals surface area contributed by atoms with Crippen molar-refractivity contribution in [3.05, 3.63) is 6.33 Å². The Morgan fingerprint density at radius 1 is 1.59 bits per heavy atom. The summed E-state index contributed by atoms with van der Waals surface area (Å²) in [4.78, 5) is 4.04. The zero-order valence-corrected chi connectivity index (χ0v) is 11.2. The Kier molecular flexibility index (Phi) is 6.01. The highest BCUT2D eigenvalue weighted by atomic mass is 32.2. The van der Waals surface area contributed by atoms with Crippen LogP contribution < -0.4 is 5.32 Å². The smallest absolute Gasteiger partial charge is 0.183 e. The molecule has 0 radical (unpaired) electrons. The van der Waals surface area contributed by atoms with Crippen LogP contribution in [-0.2, 0) is 0 Å². The van der Waals surface area contributed by atoms with E-state index in [2.05, 4.69) is 33.5 Å². The first-order valence-corrected chi connectivity index (χ1v) is 6.89. The number of hydrogen-bond donors (Lipinski definition) is 2. The van der Waals surface area contributed by atoms with Crippen molar-refractivity contribution in [2.45, 2.75) is 43.8 Å². The Morgan fingerprint density at radius 3 is 2.94 bits per heavy atom. The molecule has 1 rings (SSSR count). The molecule has 0 saturated carbocycles. The third-order valence-corrected chi connectivity index (χ3v) is 3.68. The highest BCUT2D eigenvalue weighted by Gasteiger charge is 2.25. The van der Waals surface area contributed by atoms with Crippen molar-refractivity contribution in [2.75, 3.05) is 12.3 Å². The predicted molar refractivity (Wildman–Crippen MR) is 68.7 cm³/mol. The fourth-order valence-corrected chi connectivity index (χ4v) is 2.43. The van der Waals surface area contributed by atoms with E-state index in [9.17, 15) is 5.26 Å². The number of H-pyrrole nitrogens is 1. The van der Waals surface area contributed by atoms with E-state index in [1.165, 1.54) is 6.33 Å². The monoisotopic (exact) mass is 253 g/mol. The molecule has 0 aliphatic heterocycles. The Balaban J connectivity index is 2.30. The van der Waals surface area contributed by atoms with Crippen molar-refractivity contribution >= 4 is 11.8 Å². The van der Waals surface area contributed by atoms with Crippen molar-refractivity contribution in [1.29, 1.82) is 5.26 Å². The number of aromatic amines is 1. The second kappa shape index (κ2) is 7.30. The molecule has 17 heavy (non-hydrogen) atoms. The maximum Gasteiger partial charge on any atom is 0.183 e. The van der Waals surface area contributed by atoms with Gasteiger partial charge in [0.2, 0.25) is 0 Å². The lowest BCUT2D eigenvalue weighted by Crippen LogP contribution is -2.43. The zero-order valence-electron chi connectivity index (χ0n) is 10.4. The van der Waals surface area contributed by atoms with E-state index in [-0.39, 0.29) is 5.54 Å². The summed E-state index contributed by atoms with van der Waals surface area (Å²) < 4.78 is 0. The number of nitriles is 1. The van der Waals surface area contributed by atoms with Crippen molar-refractivity contribution < 1.29 is 0 Å². The lowest BCUT2D eigenvalue weighted by atomic mass is 9.92. The number of nitrogens with one attached hydrogen (secondary N) is 2. The minimum absolute atomic E-state index is 0.364. The van der Waals surface area contributed by atoms with Gasteiger partial charge in [0.1, 0.15) is 11.9 Å². The van der Waals surface area contributed by atoms with E-state index in [1.807, 2.05) is 6.92 Å². The van der Waals surface area contributed by atoms with Crippen molar-refractivity contribution in [3.63, 3.8) is 0 Å². The molecular weight excluding hydrogens is 234 g/mol. The van der Waals surface area contributed by atoms with Crippen molar-refractivity contribution in [2.24, 2.45) is 0 Å². The van der Waals surface area contributed by atoms with E-state index in [1.54, 1.807) is 11.8 Å². The summed E-state index contributed by atoms with van der Waals surface area (Å²) in [5.41, 5.74) is -0.364. The lowest BCUT2D eigenvalue weighted by Gasteiger charge is -2.25. The summed E-state index contributed by atoms with van der Waals surface area (Å²) in [5.74, 6) is 0.948. The minimum Gasteiger partial charge on any atom is -0.300 e. The Hall–Kier alpha value is -1.06. The van der Waals surface area contributed by atoms with Crippen molar-refractivity contribution in [1.82, 2.24) is 20.5 Å². The fraction of sp³-hybridized carbons (Fsp3) is 0.727. The second-order valence-corrected chi connectivity index (χ2v) is 4.90. The van der Waals surface area contributed by atoms with Crippen LogP contribution in [0.2, 0.25) is 0 Å². The largest absolute Gasteiger partial charge is 0.300 e. The molecule has 2 N–H and O–H groups in total. The average Bonchev–Trinajstić information content (AvgIpc) is 2.86. The number of hydrogen-bond acceptors (Lipinski definition) is 5. The van der Waals surface area contributed by atoms with E-state index < -0.39 is 0 Å². The third kappa shape index (κ3) is 4.36. The first-order chi connectivity index (χ1) is 8.26. The van der Waals surface area contributed by atoms with Gasteiger partial charge in [-0.1, -0.05) is 25.6 Å². The van der Waals surface area contributed by atoms with Gasteiger partial charge in [0.25, 0.3) is 0 Å². The van der Waals surface area contributed by atoms with Crippen LogP contribution in [0.3, 0.4) is 0 Å². The molecule has 1 aromatic heterocycles. The zero-order chi connectivity index (χ0) is 12.6. The molecular formula is C11H19N5S. The summed E-state index contributed by atoms with van der Waals surface area (Å²) >= 11 is 1.64. The van der Waals surface area contributed by atoms with Crippen LogP contribution in [0.25, 0.3) is 0 Å². The summed E-state index contributed by atoms with van der Waals surface area (Å²) in [7, 11) is 0. The summed E-state index contributed by atoms with van der Waals surface area (Å²) in [6.07, 6.45) is 4.20. The summed E-state index contributed by atoms with van der Waals surface area (Å²) in [6, 6.07) is 2.40. The van der Waals surface area contributed by atoms with Gasteiger partial charge in [0, 0.05) is 5.75 Å². The van der Waals surface area contributed by atoms with Crippen molar-refractivity contribution in [3.8, 4) is 6.07 Å². The lowest BCUT2D eigenvalue weighted by molar-refractivity contribution is 0.379. The maximum absolute atomic E-state index is 9.24. The molecule has 6 heteroatoms. The number of aromatic nitrogens is 3. The van der Waals surface area contributed by atoms with Gasteiger partial charge in [-0.2, -0.15) is 10.4 Å². The minimum atomic E-state index is -0.364. The SMILES string of the molecule is CCNC(C#N)(CC)CCCSc1ncn[nH]1. The molecule has 94 valence electrons. The Labute approximate surface area is 106 Å². The molecule has 0 aliphatic rings. The first kappa shape index (κ1) is 14.0. The van der Waals surface area contributed by atoms with Crippen LogP contribution in [0.4, 0.5) is 0 Å². The highest BCUT2D eigenvalue weighted by Crippen LogP contribution is 2.20. The number of thioether (sulfide) groups is 1. The first-order valence-electron chi connectivity index (χ1n) is 5.90. The van der Waals surface area contributed by atoms with Crippen LogP contribution in [0.5, 0.6) is 0 Å². The fourth-order valence-electron chi connectivity index (χ4n) is 1.71. The molecule has 1 aromatic rings. The molecule has 0 saturated heterocycles. The average molecular weight is 253 g/mol. The summed E-state index contributed by atoms with van der Waals surface area (Å²) in [5, 5.41) is 20.0. The number of rotatable bonds is 8. The molecule has 1 unspecified atom stereocenters. The van der Waals surface area contributed by atoms with Gasteiger partial charge in [-0.25, -0.2) is 4.98 Å². The van der Waals surface area contributed by atoms with Gasteiger partial charge in [-0.3, -0.25) is 10.4 Å². The third-order valence-electron chi connectivity index (χ3n) is 2.71. The van der Waals surface area contributed by atoms with E-state index in [4.69, 9.17) is 0 Å². The molecule has 1 heterocycles. The molecule has 5 nitrogen and oxygen atoms in total. The van der Waals surface area contributed by atoms with Crippen LogP contribution >= 0.6 is 11.8 Å². The molecule has 0 amide bonds. The van der Waals surface area contributed by atoms with E-state index >= 15 is 0 Å². The summed E-state index contributed by atoms with van der Waals surface area (Å²) in [6.45, 7) is 4.91. The molecule has 0 aromatic carbocycles. The van der Waals surface area contributed by atoms with Gasteiger partial charge in [0.15, 0.2) is 5.16 Å². The highest BCUT2D eigenvalue weighted by molar-refractivity contribution is 7.99. The van der Waals surface area contributed by atoms with Crippen LogP contribution in [0.15, 0.2) is 11.5 Å². The van der Waals surface area contributed by atoms with Gasteiger partial charge in [-0.05, 0) is 25.8 Å². The standard InChI is InChI=1S/C11H19N5S/c1-3-11(8-12,14-4-2)6-5-7-17-10-13-9-15-16-10/h9,14H,3-7H2,1-2H3,(H,13,15,16). The van der Waals surface area contributed by atoms with Crippen LogP contribution in [-0.4, -0.2) is 33.0 Å². The second-order valence-electron chi connectivity index (χ2n) is 3.82.